The Morgan fingerprint density at radius 3 is 2.91 bits per heavy atom. The normalized spacial score (nSPS) is 10.7. The van der Waals surface area contributed by atoms with Crippen LogP contribution in [0.5, 0.6) is 5.75 Å². The van der Waals surface area contributed by atoms with Crippen LogP contribution in [0.4, 0.5) is 10.1 Å². The highest BCUT2D eigenvalue weighted by Crippen LogP contribution is 2.32. The Labute approximate surface area is 132 Å². The second-order valence-corrected chi connectivity index (χ2v) is 4.93. The molecule has 3 rings (SSSR count). The lowest BCUT2D eigenvalue weighted by Gasteiger charge is -2.08. The fraction of sp³-hybridized carbons (Fsp3) is 0.176. The van der Waals surface area contributed by atoms with Crippen molar-refractivity contribution >= 4 is 22.6 Å². The van der Waals surface area contributed by atoms with E-state index >= 15 is 0 Å². The van der Waals surface area contributed by atoms with Gasteiger partial charge in [-0.2, -0.15) is 0 Å². The number of rotatable bonds is 4. The van der Waals surface area contributed by atoms with E-state index in [0.717, 1.165) is 12.0 Å². The third-order valence-corrected chi connectivity index (χ3v) is 3.53. The van der Waals surface area contributed by atoms with E-state index in [9.17, 15) is 9.18 Å². The summed E-state index contributed by atoms with van der Waals surface area (Å²) in [5, 5.41) is 3.18. The van der Waals surface area contributed by atoms with Gasteiger partial charge in [-0.3, -0.25) is 9.78 Å². The number of furan rings is 1. The maximum absolute atomic E-state index is 13.6. The van der Waals surface area contributed by atoms with E-state index in [-0.39, 0.29) is 5.69 Å². The Balaban J connectivity index is 2.04. The van der Waals surface area contributed by atoms with Crippen LogP contribution in [0.15, 0.2) is 41.1 Å². The van der Waals surface area contributed by atoms with Gasteiger partial charge in [-0.05, 0) is 24.3 Å². The van der Waals surface area contributed by atoms with E-state index in [1.807, 2.05) is 6.92 Å². The maximum atomic E-state index is 13.6. The lowest BCUT2D eigenvalue weighted by molar-refractivity contribution is 0.102. The molecule has 5 nitrogen and oxygen atoms in total. The number of carbonyl (C=O) groups excluding carboxylic acids is 1. The van der Waals surface area contributed by atoms with Crippen LogP contribution in [0.25, 0.3) is 11.0 Å². The summed E-state index contributed by atoms with van der Waals surface area (Å²) in [5.41, 5.74) is 0.973. The molecular formula is C17H15FN2O3. The third kappa shape index (κ3) is 2.75. The van der Waals surface area contributed by atoms with Crippen molar-refractivity contribution in [3.63, 3.8) is 0 Å². The molecule has 3 aromatic rings. The number of ether oxygens (including phenoxy) is 1. The van der Waals surface area contributed by atoms with E-state index in [4.69, 9.17) is 9.15 Å². The lowest BCUT2D eigenvalue weighted by atomic mass is 10.1. The molecule has 0 saturated carbocycles. The quantitative estimate of drug-likeness (QED) is 0.795. The molecule has 0 unspecified atom stereocenters. The minimum Gasteiger partial charge on any atom is -0.493 e. The molecule has 1 N–H and O–H groups in total. The fourth-order valence-corrected chi connectivity index (χ4v) is 2.35. The average Bonchev–Trinajstić information content (AvgIpc) is 3.00. The Morgan fingerprint density at radius 1 is 1.39 bits per heavy atom. The Morgan fingerprint density at radius 2 is 2.22 bits per heavy atom. The maximum Gasteiger partial charge on any atom is 0.256 e. The van der Waals surface area contributed by atoms with Gasteiger partial charge in [0.25, 0.3) is 5.91 Å². The number of aryl methyl sites for hydroxylation is 1. The molecule has 23 heavy (non-hydrogen) atoms. The summed E-state index contributed by atoms with van der Waals surface area (Å²) in [6, 6.07) is 6.49. The van der Waals surface area contributed by atoms with Crippen LogP contribution in [-0.2, 0) is 6.42 Å². The van der Waals surface area contributed by atoms with Gasteiger partial charge in [0.1, 0.15) is 5.76 Å². The molecule has 0 atom stereocenters. The molecule has 0 saturated heterocycles. The van der Waals surface area contributed by atoms with Crippen molar-refractivity contribution in [1.82, 2.24) is 4.98 Å². The monoisotopic (exact) mass is 314 g/mol. The molecule has 0 spiro atoms. The van der Waals surface area contributed by atoms with E-state index in [1.165, 1.54) is 19.4 Å². The van der Waals surface area contributed by atoms with Gasteiger partial charge in [0.05, 0.1) is 24.6 Å². The van der Waals surface area contributed by atoms with Crippen molar-refractivity contribution in [3.05, 3.63) is 53.8 Å². The van der Waals surface area contributed by atoms with Gasteiger partial charge in [0.15, 0.2) is 17.1 Å². The molecule has 6 heteroatoms. The molecule has 1 amide bonds. The number of aromatic nitrogens is 1. The smallest absolute Gasteiger partial charge is 0.256 e. The minimum absolute atomic E-state index is 0.0770. The molecule has 0 bridgehead atoms. The molecule has 0 aliphatic heterocycles. The number of anilines is 1. The first-order valence-electron chi connectivity index (χ1n) is 7.14. The van der Waals surface area contributed by atoms with Gasteiger partial charge in [-0.15, -0.1) is 0 Å². The topological polar surface area (TPSA) is 64.4 Å². The summed E-state index contributed by atoms with van der Waals surface area (Å²) in [7, 11) is 1.54. The molecule has 0 aliphatic carbocycles. The van der Waals surface area contributed by atoms with Gasteiger partial charge in [0.2, 0.25) is 0 Å². The third-order valence-electron chi connectivity index (χ3n) is 3.53. The van der Waals surface area contributed by atoms with E-state index < -0.39 is 11.7 Å². The van der Waals surface area contributed by atoms with Crippen molar-refractivity contribution in [2.24, 2.45) is 0 Å². The van der Waals surface area contributed by atoms with Crippen molar-refractivity contribution in [3.8, 4) is 5.75 Å². The molecule has 118 valence electrons. The standard InChI is InChI=1S/C17H15FN2O3/c1-3-10-8-12-11(4-5-15(22-2)16(12)23-10)17(21)20-14-6-7-19-9-13(14)18/h4-9H,3H2,1-2H3,(H,19,20,21). The Hall–Kier alpha value is -2.89. The highest BCUT2D eigenvalue weighted by Gasteiger charge is 2.18. The second-order valence-electron chi connectivity index (χ2n) is 4.93. The Bertz CT molecular complexity index is 873. The summed E-state index contributed by atoms with van der Waals surface area (Å²) in [5.74, 6) is 0.276. The zero-order chi connectivity index (χ0) is 16.4. The van der Waals surface area contributed by atoms with Gasteiger partial charge >= 0.3 is 0 Å². The lowest BCUT2D eigenvalue weighted by Crippen LogP contribution is -2.13. The highest BCUT2D eigenvalue weighted by atomic mass is 19.1. The van der Waals surface area contributed by atoms with Gasteiger partial charge in [-0.1, -0.05) is 6.92 Å². The number of halogens is 1. The molecule has 0 radical (unpaired) electrons. The number of hydrogen-bond donors (Lipinski definition) is 1. The molecule has 2 heterocycles. The highest BCUT2D eigenvalue weighted by molar-refractivity contribution is 6.13. The molecule has 0 aliphatic rings. The zero-order valence-electron chi connectivity index (χ0n) is 12.7. The zero-order valence-corrected chi connectivity index (χ0v) is 12.7. The van der Waals surface area contributed by atoms with Crippen LogP contribution in [0, 0.1) is 5.82 Å². The summed E-state index contributed by atoms with van der Waals surface area (Å²) >= 11 is 0. The first-order chi connectivity index (χ1) is 11.1. The number of benzene rings is 1. The number of pyridine rings is 1. The van der Waals surface area contributed by atoms with Gasteiger partial charge in [-0.25, -0.2) is 4.39 Å². The van der Waals surface area contributed by atoms with Crippen LogP contribution in [0.3, 0.4) is 0 Å². The number of hydrogen-bond acceptors (Lipinski definition) is 4. The second kappa shape index (κ2) is 6.08. The van der Waals surface area contributed by atoms with E-state index in [1.54, 1.807) is 18.2 Å². The van der Waals surface area contributed by atoms with Gasteiger partial charge in [0, 0.05) is 18.0 Å². The average molecular weight is 314 g/mol. The molecule has 1 aromatic carbocycles. The first kappa shape index (κ1) is 15.0. The summed E-state index contributed by atoms with van der Waals surface area (Å²) in [6.45, 7) is 1.95. The number of amides is 1. The number of fused-ring (bicyclic) bond motifs is 1. The Kier molecular flexibility index (Phi) is 3.97. The number of nitrogens with one attached hydrogen (secondary N) is 1. The molecule has 0 fully saturated rings. The van der Waals surface area contributed by atoms with Crippen LogP contribution < -0.4 is 10.1 Å². The molecule has 2 aromatic heterocycles. The van der Waals surface area contributed by atoms with Crippen molar-refractivity contribution in [2.45, 2.75) is 13.3 Å². The van der Waals surface area contributed by atoms with Gasteiger partial charge < -0.3 is 14.5 Å². The van der Waals surface area contributed by atoms with Crippen LogP contribution in [0.1, 0.15) is 23.0 Å². The predicted octanol–water partition coefficient (Wildman–Crippen LogP) is 3.79. The predicted molar refractivity (Wildman–Crippen MR) is 84.3 cm³/mol. The van der Waals surface area contributed by atoms with Crippen LogP contribution in [0.2, 0.25) is 0 Å². The number of carbonyl (C=O) groups is 1. The summed E-state index contributed by atoms with van der Waals surface area (Å²) < 4.78 is 24.6. The number of methoxy groups -OCH3 is 1. The minimum atomic E-state index is -0.591. The van der Waals surface area contributed by atoms with Crippen molar-refractivity contribution in [2.75, 3.05) is 12.4 Å². The van der Waals surface area contributed by atoms with E-state index in [2.05, 4.69) is 10.3 Å². The molecular weight excluding hydrogens is 299 g/mol. The summed E-state index contributed by atoms with van der Waals surface area (Å²) in [4.78, 5) is 16.2. The van der Waals surface area contributed by atoms with Crippen LogP contribution in [-0.4, -0.2) is 18.0 Å². The first-order valence-corrected chi connectivity index (χ1v) is 7.14. The fourth-order valence-electron chi connectivity index (χ4n) is 2.35. The van der Waals surface area contributed by atoms with Crippen molar-refractivity contribution in [1.29, 1.82) is 0 Å². The van der Waals surface area contributed by atoms with Crippen LogP contribution >= 0.6 is 0 Å². The number of nitrogens with zero attached hydrogens (tertiary/aromatic N) is 1. The van der Waals surface area contributed by atoms with Crippen molar-refractivity contribution < 1.29 is 18.3 Å². The van der Waals surface area contributed by atoms with E-state index in [0.29, 0.717) is 28.7 Å². The summed E-state index contributed by atoms with van der Waals surface area (Å²) in [6.07, 6.45) is 3.15. The SMILES string of the molecule is CCc1cc2c(C(=O)Nc3ccncc3F)ccc(OC)c2o1. The largest absolute Gasteiger partial charge is 0.493 e.